The number of carbonyl (C=O) groups is 2. The maximum absolute atomic E-state index is 11.2. The van der Waals surface area contributed by atoms with Crippen molar-refractivity contribution in [1.82, 2.24) is 10.6 Å². The molecule has 3 amide bonds. The van der Waals surface area contributed by atoms with Gasteiger partial charge in [0.25, 0.3) is 5.91 Å². The number of thiophene rings is 1. The van der Waals surface area contributed by atoms with Gasteiger partial charge in [-0.1, -0.05) is 0 Å². The Bertz CT molecular complexity index is 376. The van der Waals surface area contributed by atoms with Crippen molar-refractivity contribution in [3.63, 3.8) is 0 Å². The fraction of sp³-hybridized carbons (Fsp3) is 0.143. The molecule has 1 atom stereocenters. The Kier molecular flexibility index (Phi) is 2.09. The molecule has 2 N–H and O–H groups in total. The summed E-state index contributed by atoms with van der Waals surface area (Å²) >= 11 is 4.71. The molecule has 0 aromatic carbocycles. The van der Waals surface area contributed by atoms with Gasteiger partial charge in [-0.25, -0.2) is 4.79 Å². The predicted molar refractivity (Wildman–Crippen MR) is 51.4 cm³/mol. The van der Waals surface area contributed by atoms with Gasteiger partial charge in [-0.15, -0.1) is 11.3 Å². The highest BCUT2D eigenvalue weighted by Gasteiger charge is 2.31. The number of amides is 3. The number of rotatable bonds is 1. The monoisotopic (exact) mass is 260 g/mol. The lowest BCUT2D eigenvalue weighted by molar-refractivity contribution is -0.120. The summed E-state index contributed by atoms with van der Waals surface area (Å²) in [7, 11) is 0. The van der Waals surface area contributed by atoms with Gasteiger partial charge in [0.1, 0.15) is 6.04 Å². The summed E-state index contributed by atoms with van der Waals surface area (Å²) in [5.41, 5.74) is 0. The minimum Gasteiger partial charge on any atom is -0.321 e. The zero-order valence-electron chi connectivity index (χ0n) is 6.33. The molecule has 13 heavy (non-hydrogen) atoms. The highest BCUT2D eigenvalue weighted by Crippen LogP contribution is 2.26. The van der Waals surface area contributed by atoms with Gasteiger partial charge in [-0.2, -0.15) is 0 Å². The highest BCUT2D eigenvalue weighted by atomic mass is 79.9. The zero-order valence-corrected chi connectivity index (χ0v) is 8.74. The Morgan fingerprint density at radius 3 is 2.69 bits per heavy atom. The molecule has 2 heterocycles. The van der Waals surface area contributed by atoms with E-state index in [2.05, 4.69) is 26.6 Å². The van der Waals surface area contributed by atoms with Gasteiger partial charge < -0.3 is 5.32 Å². The predicted octanol–water partition coefficient (Wildman–Crippen LogP) is 1.39. The van der Waals surface area contributed by atoms with Crippen molar-refractivity contribution < 1.29 is 9.59 Å². The Morgan fingerprint density at radius 1 is 1.46 bits per heavy atom. The fourth-order valence-corrected chi connectivity index (χ4v) is 2.59. The Morgan fingerprint density at radius 2 is 2.23 bits per heavy atom. The number of urea groups is 1. The second-order valence-corrected chi connectivity index (χ2v) is 4.42. The molecule has 1 aromatic heterocycles. The van der Waals surface area contributed by atoms with Crippen LogP contribution in [0.25, 0.3) is 0 Å². The lowest BCUT2D eigenvalue weighted by Gasteiger charge is -2.01. The van der Waals surface area contributed by atoms with E-state index in [9.17, 15) is 9.59 Å². The molecule has 68 valence electrons. The molecular weight excluding hydrogens is 256 g/mol. The van der Waals surface area contributed by atoms with E-state index in [1.54, 1.807) is 0 Å². The van der Waals surface area contributed by atoms with Gasteiger partial charge in [-0.05, 0) is 22.0 Å². The first kappa shape index (κ1) is 8.71. The van der Waals surface area contributed by atoms with Gasteiger partial charge in [0.2, 0.25) is 0 Å². The van der Waals surface area contributed by atoms with Crippen molar-refractivity contribution >= 4 is 39.2 Å². The Labute approximate surface area is 86.5 Å². The smallest absolute Gasteiger partial charge is 0.321 e. The average molecular weight is 261 g/mol. The molecule has 2 rings (SSSR count). The lowest BCUT2D eigenvalue weighted by atomic mass is 10.2. The molecule has 0 saturated carbocycles. The zero-order chi connectivity index (χ0) is 9.42. The van der Waals surface area contributed by atoms with Gasteiger partial charge >= 0.3 is 6.03 Å². The number of carbonyl (C=O) groups excluding carboxylic acids is 2. The third-order valence-corrected chi connectivity index (χ3v) is 3.41. The molecule has 0 spiro atoms. The van der Waals surface area contributed by atoms with Crippen molar-refractivity contribution in [3.8, 4) is 0 Å². The third kappa shape index (κ3) is 1.59. The Hall–Kier alpha value is -0.880. The van der Waals surface area contributed by atoms with Crippen LogP contribution < -0.4 is 10.6 Å². The first-order valence-electron chi connectivity index (χ1n) is 3.52. The molecule has 0 aliphatic carbocycles. The largest absolute Gasteiger partial charge is 0.322 e. The molecule has 1 aliphatic rings. The van der Waals surface area contributed by atoms with Crippen LogP contribution in [-0.4, -0.2) is 11.9 Å². The normalized spacial score (nSPS) is 21.5. The topological polar surface area (TPSA) is 58.2 Å². The van der Waals surface area contributed by atoms with E-state index in [0.29, 0.717) is 0 Å². The molecular formula is C7H5BrN2O2S. The summed E-state index contributed by atoms with van der Waals surface area (Å²) in [4.78, 5) is 22.8. The van der Waals surface area contributed by atoms with Crippen LogP contribution in [0.5, 0.6) is 0 Å². The van der Waals surface area contributed by atoms with Gasteiger partial charge in [0, 0.05) is 14.7 Å². The van der Waals surface area contributed by atoms with Crippen molar-refractivity contribution in [2.75, 3.05) is 0 Å². The number of hydrogen-bond donors (Lipinski definition) is 2. The number of hydrogen-bond acceptors (Lipinski definition) is 3. The minimum atomic E-state index is -0.524. The van der Waals surface area contributed by atoms with E-state index in [4.69, 9.17) is 0 Å². The molecule has 0 radical (unpaired) electrons. The van der Waals surface area contributed by atoms with E-state index in [0.717, 1.165) is 9.35 Å². The van der Waals surface area contributed by atoms with E-state index in [-0.39, 0.29) is 5.91 Å². The second kappa shape index (κ2) is 3.12. The molecule has 6 heteroatoms. The van der Waals surface area contributed by atoms with Gasteiger partial charge in [0.15, 0.2) is 0 Å². The van der Waals surface area contributed by atoms with Crippen LogP contribution in [0.1, 0.15) is 10.9 Å². The van der Waals surface area contributed by atoms with Crippen molar-refractivity contribution in [1.29, 1.82) is 0 Å². The van der Waals surface area contributed by atoms with E-state index in [1.165, 1.54) is 11.3 Å². The number of imide groups is 1. The van der Waals surface area contributed by atoms with Crippen molar-refractivity contribution in [2.45, 2.75) is 6.04 Å². The molecule has 0 bridgehead atoms. The van der Waals surface area contributed by atoms with Crippen LogP contribution in [0.3, 0.4) is 0 Å². The van der Waals surface area contributed by atoms with E-state index in [1.807, 2.05) is 11.4 Å². The standard InChI is InChI=1S/C7H5BrN2O2S/c8-3-1-4(13-2-3)5-6(11)10-7(12)9-5/h1-2,5H,(H2,9,10,11,12)/t5-/m0/s1. The summed E-state index contributed by atoms with van der Waals surface area (Å²) in [6.45, 7) is 0. The molecule has 1 fully saturated rings. The molecule has 0 unspecified atom stereocenters. The van der Waals surface area contributed by atoms with E-state index < -0.39 is 12.1 Å². The van der Waals surface area contributed by atoms with Crippen LogP contribution in [0.15, 0.2) is 15.9 Å². The number of halogens is 1. The van der Waals surface area contributed by atoms with Crippen LogP contribution in [0.2, 0.25) is 0 Å². The summed E-state index contributed by atoms with van der Waals surface area (Å²) < 4.78 is 0.918. The van der Waals surface area contributed by atoms with Crippen molar-refractivity contribution in [3.05, 3.63) is 20.8 Å². The SMILES string of the molecule is O=C1NC(=O)[C@H](c2cc(Br)cs2)N1. The quantitative estimate of drug-likeness (QED) is 0.750. The van der Waals surface area contributed by atoms with Crippen LogP contribution in [0.4, 0.5) is 4.79 Å². The highest BCUT2D eigenvalue weighted by molar-refractivity contribution is 9.10. The summed E-state index contributed by atoms with van der Waals surface area (Å²) in [6, 6.07) is 0.865. The fourth-order valence-electron chi connectivity index (χ4n) is 1.10. The average Bonchev–Trinajstić information content (AvgIpc) is 2.58. The minimum absolute atomic E-state index is 0.292. The first-order valence-corrected chi connectivity index (χ1v) is 5.19. The van der Waals surface area contributed by atoms with Gasteiger partial charge in [-0.3, -0.25) is 10.1 Å². The summed E-state index contributed by atoms with van der Waals surface area (Å²) in [6.07, 6.45) is 0. The number of nitrogens with one attached hydrogen (secondary N) is 2. The second-order valence-electron chi connectivity index (χ2n) is 2.56. The molecule has 1 aliphatic heterocycles. The Balaban J connectivity index is 2.27. The van der Waals surface area contributed by atoms with Crippen LogP contribution in [-0.2, 0) is 4.79 Å². The van der Waals surface area contributed by atoms with Crippen LogP contribution in [0, 0.1) is 0 Å². The van der Waals surface area contributed by atoms with Gasteiger partial charge in [0.05, 0.1) is 0 Å². The molecule has 1 aromatic rings. The summed E-state index contributed by atoms with van der Waals surface area (Å²) in [5, 5.41) is 6.57. The maximum Gasteiger partial charge on any atom is 0.322 e. The lowest BCUT2D eigenvalue weighted by Crippen LogP contribution is -2.22. The summed E-state index contributed by atoms with van der Waals surface area (Å²) in [5.74, 6) is -0.292. The molecule has 1 saturated heterocycles. The maximum atomic E-state index is 11.2. The third-order valence-electron chi connectivity index (χ3n) is 1.65. The van der Waals surface area contributed by atoms with E-state index >= 15 is 0 Å². The van der Waals surface area contributed by atoms with Crippen LogP contribution >= 0.6 is 27.3 Å². The first-order chi connectivity index (χ1) is 6.16. The molecule has 4 nitrogen and oxygen atoms in total. The van der Waals surface area contributed by atoms with Crippen molar-refractivity contribution in [2.24, 2.45) is 0 Å².